The Morgan fingerprint density at radius 2 is 1.69 bits per heavy atom. The van der Waals surface area contributed by atoms with Crippen molar-refractivity contribution in [2.45, 2.75) is 17.5 Å². The molecule has 0 radical (unpaired) electrons. The molecule has 0 amide bonds. The summed E-state index contributed by atoms with van der Waals surface area (Å²) in [6, 6.07) is 16.4. The monoisotopic (exact) mass is 434 g/mol. The van der Waals surface area contributed by atoms with Crippen LogP contribution in [0, 0.1) is 5.82 Å². The first-order valence-corrected chi connectivity index (χ1v) is 10.4. The van der Waals surface area contributed by atoms with Crippen LogP contribution in [0.2, 0.25) is 0 Å². The Kier molecular flexibility index (Phi) is 4.46. The van der Waals surface area contributed by atoms with E-state index >= 15 is 0 Å². The van der Waals surface area contributed by atoms with Gasteiger partial charge in [0, 0.05) is 29.5 Å². The molecule has 0 spiro atoms. The van der Waals surface area contributed by atoms with Crippen molar-refractivity contribution in [2.75, 3.05) is 6.54 Å². The van der Waals surface area contributed by atoms with E-state index in [2.05, 4.69) is 15.9 Å². The van der Waals surface area contributed by atoms with Gasteiger partial charge in [0.15, 0.2) is 0 Å². The van der Waals surface area contributed by atoms with Crippen molar-refractivity contribution in [3.05, 3.63) is 88.4 Å². The van der Waals surface area contributed by atoms with Crippen LogP contribution in [0.1, 0.15) is 17.3 Å². The molecule has 2 aromatic carbocycles. The van der Waals surface area contributed by atoms with Gasteiger partial charge in [0.2, 0.25) is 10.0 Å². The van der Waals surface area contributed by atoms with Gasteiger partial charge in [0.1, 0.15) is 10.7 Å². The molecule has 3 aromatic rings. The molecule has 0 bridgehead atoms. The van der Waals surface area contributed by atoms with E-state index in [4.69, 9.17) is 0 Å². The lowest BCUT2D eigenvalue weighted by Crippen LogP contribution is -2.42. The minimum atomic E-state index is -3.99. The van der Waals surface area contributed by atoms with Crippen LogP contribution >= 0.6 is 15.9 Å². The Bertz CT molecular complexity index is 1050. The van der Waals surface area contributed by atoms with E-state index in [1.54, 1.807) is 0 Å². The molecule has 0 saturated carbocycles. The zero-order valence-corrected chi connectivity index (χ0v) is 16.1. The molecule has 0 aliphatic carbocycles. The Labute approximate surface area is 160 Å². The summed E-state index contributed by atoms with van der Waals surface area (Å²) in [7, 11) is -3.99. The highest BCUT2D eigenvalue weighted by Gasteiger charge is 2.38. The number of sulfonamides is 1. The molecule has 1 aromatic heterocycles. The number of benzene rings is 2. The zero-order chi connectivity index (χ0) is 18.3. The smallest absolute Gasteiger partial charge is 0.246 e. The predicted molar refractivity (Wildman–Crippen MR) is 101 cm³/mol. The highest BCUT2D eigenvalue weighted by atomic mass is 79.9. The van der Waals surface area contributed by atoms with Gasteiger partial charge in [-0.1, -0.05) is 40.2 Å². The molecular formula is C19H16BrFN2O2S. The van der Waals surface area contributed by atoms with E-state index in [9.17, 15) is 12.8 Å². The van der Waals surface area contributed by atoms with Gasteiger partial charge in [0.05, 0.1) is 6.04 Å². The summed E-state index contributed by atoms with van der Waals surface area (Å²) in [5.41, 5.74) is 1.71. The summed E-state index contributed by atoms with van der Waals surface area (Å²) in [5.74, 6) is -0.733. The number of halogens is 2. The maximum absolute atomic E-state index is 14.2. The van der Waals surface area contributed by atoms with Crippen molar-refractivity contribution >= 4 is 26.0 Å². The van der Waals surface area contributed by atoms with Crippen LogP contribution in [0.3, 0.4) is 0 Å². The van der Waals surface area contributed by atoms with Gasteiger partial charge in [-0.2, -0.15) is 4.31 Å². The maximum Gasteiger partial charge on any atom is 0.246 e. The normalized spacial score (nSPS) is 17.8. The lowest BCUT2D eigenvalue weighted by molar-refractivity contribution is 0.297. The fourth-order valence-electron chi connectivity index (χ4n) is 3.38. The van der Waals surface area contributed by atoms with Crippen LogP contribution in [0.4, 0.5) is 4.39 Å². The third kappa shape index (κ3) is 2.90. The average molecular weight is 435 g/mol. The fraction of sp³-hybridized carbons (Fsp3) is 0.158. The quantitative estimate of drug-likeness (QED) is 0.620. The van der Waals surface area contributed by atoms with E-state index in [0.29, 0.717) is 6.54 Å². The molecule has 0 fully saturated rings. The first-order valence-electron chi connectivity index (χ1n) is 8.15. The first kappa shape index (κ1) is 17.5. The molecule has 4 nitrogen and oxygen atoms in total. The molecular weight excluding hydrogens is 419 g/mol. The van der Waals surface area contributed by atoms with Crippen molar-refractivity contribution in [1.82, 2.24) is 8.87 Å². The number of fused-ring (bicyclic) bond motifs is 1. The van der Waals surface area contributed by atoms with Crippen LogP contribution in [-0.4, -0.2) is 23.8 Å². The molecule has 0 saturated heterocycles. The molecule has 0 N–H and O–H groups in total. The van der Waals surface area contributed by atoms with Gasteiger partial charge in [-0.3, -0.25) is 0 Å². The zero-order valence-electron chi connectivity index (χ0n) is 13.7. The second-order valence-corrected chi connectivity index (χ2v) is 8.90. The minimum absolute atomic E-state index is 0.277. The topological polar surface area (TPSA) is 42.3 Å². The summed E-state index contributed by atoms with van der Waals surface area (Å²) in [5, 5.41) is 0. The summed E-state index contributed by atoms with van der Waals surface area (Å²) < 4.78 is 45.1. The van der Waals surface area contributed by atoms with E-state index in [-0.39, 0.29) is 11.4 Å². The Morgan fingerprint density at radius 3 is 2.42 bits per heavy atom. The lowest BCUT2D eigenvalue weighted by atomic mass is 10.0. The van der Waals surface area contributed by atoms with Gasteiger partial charge in [-0.15, -0.1) is 0 Å². The molecule has 4 rings (SSSR count). The second kappa shape index (κ2) is 6.64. The van der Waals surface area contributed by atoms with E-state index < -0.39 is 21.9 Å². The van der Waals surface area contributed by atoms with Crippen molar-refractivity contribution in [3.63, 3.8) is 0 Å². The van der Waals surface area contributed by atoms with Crippen molar-refractivity contribution in [2.24, 2.45) is 0 Å². The van der Waals surface area contributed by atoms with Gasteiger partial charge in [-0.05, 0) is 42.0 Å². The second-order valence-electron chi connectivity index (χ2n) is 6.13. The first-order chi connectivity index (χ1) is 12.5. The Hall–Kier alpha value is -1.96. The van der Waals surface area contributed by atoms with Gasteiger partial charge >= 0.3 is 0 Å². The predicted octanol–water partition coefficient (Wildman–Crippen LogP) is 4.18. The van der Waals surface area contributed by atoms with Gasteiger partial charge < -0.3 is 4.57 Å². The summed E-state index contributed by atoms with van der Waals surface area (Å²) in [4.78, 5) is -0.290. The van der Waals surface area contributed by atoms with Gasteiger partial charge in [-0.25, -0.2) is 12.8 Å². The largest absolute Gasteiger partial charge is 0.348 e. The number of hydrogen-bond donors (Lipinski definition) is 0. The molecule has 1 atom stereocenters. The minimum Gasteiger partial charge on any atom is -0.348 e. The standard InChI is InChI=1S/C19H16BrFN2O2S/c20-15-9-7-14(8-10-15)19-17-5-3-11-22(17)12-13-23(19)26(24,25)18-6-2-1-4-16(18)21/h1-11,19H,12-13H2. The highest BCUT2D eigenvalue weighted by molar-refractivity contribution is 9.10. The van der Waals surface area contributed by atoms with Crippen LogP contribution in [0.25, 0.3) is 0 Å². The molecule has 1 aliphatic heterocycles. The van der Waals surface area contributed by atoms with Crippen LogP contribution in [0.15, 0.2) is 76.2 Å². The molecule has 134 valence electrons. The number of hydrogen-bond acceptors (Lipinski definition) is 2. The van der Waals surface area contributed by atoms with Crippen LogP contribution in [-0.2, 0) is 16.6 Å². The van der Waals surface area contributed by atoms with Gasteiger partial charge in [0.25, 0.3) is 0 Å². The van der Waals surface area contributed by atoms with Crippen molar-refractivity contribution < 1.29 is 12.8 Å². The van der Waals surface area contributed by atoms with E-state index in [1.807, 2.05) is 47.2 Å². The maximum atomic E-state index is 14.2. The molecule has 1 unspecified atom stereocenters. The molecule has 2 heterocycles. The third-order valence-electron chi connectivity index (χ3n) is 4.60. The average Bonchev–Trinajstić information content (AvgIpc) is 3.10. The fourth-order valence-corrected chi connectivity index (χ4v) is 5.29. The number of aromatic nitrogens is 1. The van der Waals surface area contributed by atoms with Crippen LogP contribution < -0.4 is 0 Å². The van der Waals surface area contributed by atoms with Crippen LogP contribution in [0.5, 0.6) is 0 Å². The molecule has 26 heavy (non-hydrogen) atoms. The summed E-state index contributed by atoms with van der Waals surface area (Å²) in [6.07, 6.45) is 1.94. The molecule has 1 aliphatic rings. The SMILES string of the molecule is O=S(=O)(c1ccccc1F)N1CCn2cccc2C1c1ccc(Br)cc1. The lowest BCUT2D eigenvalue weighted by Gasteiger charge is -2.36. The number of nitrogens with zero attached hydrogens (tertiary/aromatic N) is 2. The summed E-state index contributed by atoms with van der Waals surface area (Å²) in [6.45, 7) is 0.808. The Morgan fingerprint density at radius 1 is 0.962 bits per heavy atom. The van der Waals surface area contributed by atoms with Crippen molar-refractivity contribution in [1.29, 1.82) is 0 Å². The summed E-state index contributed by atoms with van der Waals surface area (Å²) >= 11 is 3.41. The van der Waals surface area contributed by atoms with E-state index in [0.717, 1.165) is 15.7 Å². The molecule has 7 heteroatoms. The van der Waals surface area contributed by atoms with E-state index in [1.165, 1.54) is 28.6 Å². The highest BCUT2D eigenvalue weighted by Crippen LogP contribution is 2.37. The third-order valence-corrected chi connectivity index (χ3v) is 7.03. The number of rotatable bonds is 3. The Balaban J connectivity index is 1.87. The van der Waals surface area contributed by atoms with Crippen molar-refractivity contribution in [3.8, 4) is 0 Å².